The van der Waals surface area contributed by atoms with Crippen LogP contribution in [0.15, 0.2) is 12.2 Å². The molecule has 1 fully saturated rings. The highest BCUT2D eigenvalue weighted by atomic mass is 19.3. The second-order valence-corrected chi connectivity index (χ2v) is 7.17. The lowest BCUT2D eigenvalue weighted by atomic mass is 9.86. The average molecular weight is 372 g/mol. The summed E-state index contributed by atoms with van der Waals surface area (Å²) in [5.74, 6) is -5.18. The summed E-state index contributed by atoms with van der Waals surface area (Å²) in [7, 11) is 0. The maximum Gasteiger partial charge on any atom is 0.327 e. The van der Waals surface area contributed by atoms with Gasteiger partial charge >= 0.3 is 11.9 Å². The number of halogens is 2. The molecular weight excluding hydrogens is 342 g/mol. The molecule has 0 unspecified atom stereocenters. The number of alkyl halides is 2. The molecule has 0 aliphatic heterocycles. The molecule has 4 nitrogen and oxygen atoms in total. The molecule has 6 heteroatoms. The van der Waals surface area contributed by atoms with Crippen LogP contribution in [0.1, 0.15) is 77.6 Å². The lowest BCUT2D eigenvalue weighted by Gasteiger charge is -2.20. The minimum atomic E-state index is -3.25. The zero-order chi connectivity index (χ0) is 19.6. The van der Waals surface area contributed by atoms with Crippen molar-refractivity contribution < 1.29 is 28.3 Å². The number of allylic oxidation sites excluding steroid dienone is 1. The number of unbranched alkanes of at least 4 members (excludes halogenated alkanes) is 3. The third-order valence-electron chi connectivity index (χ3n) is 5.13. The maximum absolute atomic E-state index is 13.8. The molecule has 1 saturated carbocycles. The SMILES string of the molecule is CCCCC(F)(F)C(=O)CC[C@H]1CCC(=O)[C@@H]1CCCCC=CC(=O)O. The van der Waals surface area contributed by atoms with E-state index >= 15 is 0 Å². The second-order valence-electron chi connectivity index (χ2n) is 7.17. The second kappa shape index (κ2) is 11.2. The first-order valence-corrected chi connectivity index (χ1v) is 9.61. The van der Waals surface area contributed by atoms with Crippen molar-refractivity contribution in [1.29, 1.82) is 0 Å². The summed E-state index contributed by atoms with van der Waals surface area (Å²) >= 11 is 0. The average Bonchev–Trinajstić information content (AvgIpc) is 2.93. The highest BCUT2D eigenvalue weighted by Gasteiger charge is 2.39. The van der Waals surface area contributed by atoms with Crippen molar-refractivity contribution in [2.45, 2.75) is 83.5 Å². The fraction of sp³-hybridized carbons (Fsp3) is 0.750. The molecule has 0 aromatic heterocycles. The summed E-state index contributed by atoms with van der Waals surface area (Å²) < 4.78 is 27.5. The number of hydrogen-bond acceptors (Lipinski definition) is 3. The van der Waals surface area contributed by atoms with Crippen LogP contribution in [0, 0.1) is 11.8 Å². The van der Waals surface area contributed by atoms with Crippen molar-refractivity contribution in [3.05, 3.63) is 12.2 Å². The van der Waals surface area contributed by atoms with Gasteiger partial charge in [-0.15, -0.1) is 0 Å². The Labute approximate surface area is 154 Å². The van der Waals surface area contributed by atoms with E-state index in [1.165, 1.54) is 0 Å². The molecule has 1 aliphatic carbocycles. The van der Waals surface area contributed by atoms with E-state index in [0.29, 0.717) is 44.9 Å². The normalized spacial score (nSPS) is 20.8. The van der Waals surface area contributed by atoms with Crippen LogP contribution in [0.5, 0.6) is 0 Å². The Morgan fingerprint density at radius 1 is 1.23 bits per heavy atom. The summed E-state index contributed by atoms with van der Waals surface area (Å²) in [6.07, 6.45) is 7.51. The molecule has 0 heterocycles. The minimum Gasteiger partial charge on any atom is -0.478 e. The van der Waals surface area contributed by atoms with Crippen LogP contribution >= 0.6 is 0 Å². The standard InChI is InChI=1S/C20H30F2O4/c1-2-3-14-20(21,22)18(24)13-11-15-10-12-17(23)16(15)8-6-4-5-7-9-19(25)26/h7,9,15-16H,2-6,8,10-14H2,1H3,(H,25,26)/t15-,16-/m1/s1. The molecule has 0 radical (unpaired) electrons. The van der Waals surface area contributed by atoms with Crippen molar-refractivity contribution in [3.8, 4) is 0 Å². The number of carboxylic acids is 1. The van der Waals surface area contributed by atoms with Gasteiger partial charge in [0.15, 0.2) is 0 Å². The lowest BCUT2D eigenvalue weighted by Crippen LogP contribution is -2.29. The van der Waals surface area contributed by atoms with Crippen LogP contribution in [-0.2, 0) is 14.4 Å². The van der Waals surface area contributed by atoms with Gasteiger partial charge in [-0.25, -0.2) is 4.79 Å². The molecule has 26 heavy (non-hydrogen) atoms. The Balaban J connectivity index is 2.39. The number of carboxylic acid groups (broad SMARTS) is 1. The van der Waals surface area contributed by atoms with Crippen LogP contribution in [-0.4, -0.2) is 28.6 Å². The van der Waals surface area contributed by atoms with E-state index in [2.05, 4.69) is 0 Å². The van der Waals surface area contributed by atoms with E-state index in [1.54, 1.807) is 6.08 Å². The molecule has 0 saturated heterocycles. The minimum absolute atomic E-state index is 0.0167. The van der Waals surface area contributed by atoms with Gasteiger partial charge in [0.2, 0.25) is 5.78 Å². The molecule has 0 amide bonds. The van der Waals surface area contributed by atoms with E-state index in [4.69, 9.17) is 5.11 Å². The van der Waals surface area contributed by atoms with Gasteiger partial charge in [-0.2, -0.15) is 8.78 Å². The summed E-state index contributed by atoms with van der Waals surface area (Å²) in [6.45, 7) is 1.81. The maximum atomic E-state index is 13.8. The molecule has 1 rings (SSSR count). The van der Waals surface area contributed by atoms with Gasteiger partial charge in [-0.1, -0.05) is 25.8 Å². The molecule has 148 valence electrons. The van der Waals surface area contributed by atoms with E-state index in [0.717, 1.165) is 18.9 Å². The van der Waals surface area contributed by atoms with Crippen molar-refractivity contribution in [1.82, 2.24) is 0 Å². The number of Topliss-reactive ketones (excluding diaryl/α,β-unsaturated/α-hetero) is 2. The number of carbonyl (C=O) groups excluding carboxylic acids is 2. The Kier molecular flexibility index (Phi) is 9.66. The van der Waals surface area contributed by atoms with Crippen LogP contribution in [0.3, 0.4) is 0 Å². The van der Waals surface area contributed by atoms with Crippen molar-refractivity contribution in [2.24, 2.45) is 11.8 Å². The van der Waals surface area contributed by atoms with E-state index in [1.807, 2.05) is 6.92 Å². The largest absolute Gasteiger partial charge is 0.478 e. The van der Waals surface area contributed by atoms with Crippen LogP contribution in [0.2, 0.25) is 0 Å². The first-order valence-electron chi connectivity index (χ1n) is 9.61. The van der Waals surface area contributed by atoms with Gasteiger partial charge in [0, 0.05) is 31.3 Å². The zero-order valence-electron chi connectivity index (χ0n) is 15.5. The number of hydrogen-bond donors (Lipinski definition) is 1. The van der Waals surface area contributed by atoms with Gasteiger partial charge in [-0.3, -0.25) is 9.59 Å². The molecule has 1 N–H and O–H groups in total. The van der Waals surface area contributed by atoms with Gasteiger partial charge < -0.3 is 5.11 Å². The Hall–Kier alpha value is -1.59. The summed E-state index contributed by atoms with van der Waals surface area (Å²) in [6, 6.07) is 0. The van der Waals surface area contributed by atoms with E-state index in [9.17, 15) is 23.2 Å². The fourth-order valence-electron chi connectivity index (χ4n) is 3.57. The summed E-state index contributed by atoms with van der Waals surface area (Å²) in [4.78, 5) is 34.2. The molecule has 0 aromatic carbocycles. The Bertz CT molecular complexity index is 514. The van der Waals surface area contributed by atoms with Gasteiger partial charge in [0.25, 0.3) is 0 Å². The lowest BCUT2D eigenvalue weighted by molar-refractivity contribution is -0.144. The number of rotatable bonds is 13. The predicted molar refractivity (Wildman–Crippen MR) is 95.2 cm³/mol. The number of ketones is 2. The first-order chi connectivity index (χ1) is 12.3. The van der Waals surface area contributed by atoms with Crippen molar-refractivity contribution in [2.75, 3.05) is 0 Å². The Morgan fingerprint density at radius 3 is 2.62 bits per heavy atom. The summed E-state index contributed by atoms with van der Waals surface area (Å²) in [5, 5.41) is 8.51. The smallest absolute Gasteiger partial charge is 0.327 e. The van der Waals surface area contributed by atoms with E-state index < -0.39 is 17.7 Å². The molecule has 2 atom stereocenters. The topological polar surface area (TPSA) is 71.4 Å². The van der Waals surface area contributed by atoms with Crippen molar-refractivity contribution in [3.63, 3.8) is 0 Å². The highest BCUT2D eigenvalue weighted by Crippen LogP contribution is 2.37. The van der Waals surface area contributed by atoms with Gasteiger partial charge in [0.05, 0.1) is 0 Å². The van der Waals surface area contributed by atoms with Gasteiger partial charge in [0.1, 0.15) is 5.78 Å². The molecule has 1 aliphatic rings. The molecule has 0 spiro atoms. The molecule has 0 bridgehead atoms. The quantitative estimate of drug-likeness (QED) is 0.366. The van der Waals surface area contributed by atoms with E-state index in [-0.39, 0.29) is 30.5 Å². The number of carbonyl (C=O) groups is 3. The summed E-state index contributed by atoms with van der Waals surface area (Å²) in [5.41, 5.74) is 0. The Morgan fingerprint density at radius 2 is 1.96 bits per heavy atom. The highest BCUT2D eigenvalue weighted by molar-refractivity contribution is 5.86. The zero-order valence-corrected chi connectivity index (χ0v) is 15.5. The first kappa shape index (κ1) is 22.5. The number of aliphatic carboxylic acids is 1. The van der Waals surface area contributed by atoms with Gasteiger partial charge in [-0.05, 0) is 44.4 Å². The molecular formula is C20H30F2O4. The monoisotopic (exact) mass is 372 g/mol. The van der Waals surface area contributed by atoms with Crippen LogP contribution in [0.25, 0.3) is 0 Å². The van der Waals surface area contributed by atoms with Crippen LogP contribution in [0.4, 0.5) is 8.78 Å². The fourth-order valence-corrected chi connectivity index (χ4v) is 3.57. The predicted octanol–water partition coefficient (Wildman–Crippen LogP) is 4.96. The van der Waals surface area contributed by atoms with Crippen LogP contribution < -0.4 is 0 Å². The third-order valence-corrected chi connectivity index (χ3v) is 5.13. The third kappa shape index (κ3) is 7.75. The molecule has 0 aromatic rings. The van der Waals surface area contributed by atoms with Crippen molar-refractivity contribution >= 4 is 17.5 Å².